The molecule has 0 saturated heterocycles. The summed E-state index contributed by atoms with van der Waals surface area (Å²) in [5.41, 5.74) is 6.98. The molecule has 0 bridgehead atoms. The number of phenolic OH excluding ortho intramolecular Hbond substituents is 1. The Kier molecular flexibility index (Phi) is 2.80. The Morgan fingerprint density at radius 2 is 2.17 bits per heavy atom. The lowest BCUT2D eigenvalue weighted by atomic mass is 10.2. The van der Waals surface area contributed by atoms with Crippen molar-refractivity contribution in [2.75, 3.05) is 17.6 Å². The van der Waals surface area contributed by atoms with Gasteiger partial charge in [0.1, 0.15) is 5.75 Å². The first-order valence-electron chi connectivity index (χ1n) is 4.05. The van der Waals surface area contributed by atoms with Crippen molar-refractivity contribution >= 4 is 11.4 Å². The Hall–Kier alpha value is -1.38. The highest BCUT2D eigenvalue weighted by Gasteiger charge is 1.95. The summed E-state index contributed by atoms with van der Waals surface area (Å²) in [6.07, 6.45) is 1.05. The maximum atomic E-state index is 9.17. The van der Waals surface area contributed by atoms with E-state index in [9.17, 15) is 5.11 Å². The normalized spacial score (nSPS) is 9.75. The van der Waals surface area contributed by atoms with Crippen LogP contribution in [0.5, 0.6) is 5.75 Å². The third-order valence-electron chi connectivity index (χ3n) is 1.52. The van der Waals surface area contributed by atoms with Crippen LogP contribution in [0.15, 0.2) is 18.2 Å². The Morgan fingerprint density at radius 1 is 1.42 bits per heavy atom. The Bertz CT molecular complexity index is 240. The van der Waals surface area contributed by atoms with Gasteiger partial charge in [-0.15, -0.1) is 0 Å². The lowest BCUT2D eigenvalue weighted by Crippen LogP contribution is -1.99. The second kappa shape index (κ2) is 3.85. The average Bonchev–Trinajstić information content (AvgIpc) is 1.99. The number of nitrogens with one attached hydrogen (secondary N) is 1. The molecule has 0 aromatic heterocycles. The number of benzene rings is 1. The van der Waals surface area contributed by atoms with Crippen molar-refractivity contribution < 1.29 is 5.11 Å². The number of hydrogen-bond donors (Lipinski definition) is 3. The smallest absolute Gasteiger partial charge is 0.119 e. The van der Waals surface area contributed by atoms with E-state index in [0.717, 1.165) is 18.7 Å². The van der Waals surface area contributed by atoms with Crippen LogP contribution < -0.4 is 11.1 Å². The van der Waals surface area contributed by atoms with E-state index in [1.54, 1.807) is 12.1 Å². The first-order valence-corrected chi connectivity index (χ1v) is 4.05. The minimum Gasteiger partial charge on any atom is -0.508 e. The maximum Gasteiger partial charge on any atom is 0.119 e. The summed E-state index contributed by atoms with van der Waals surface area (Å²) in [5.74, 6) is 0.202. The molecule has 0 radical (unpaired) electrons. The molecular weight excluding hydrogens is 152 g/mol. The molecule has 0 atom stereocenters. The van der Waals surface area contributed by atoms with E-state index in [0.29, 0.717) is 5.69 Å². The van der Waals surface area contributed by atoms with Gasteiger partial charge in [0.15, 0.2) is 0 Å². The van der Waals surface area contributed by atoms with Crippen LogP contribution in [-0.2, 0) is 0 Å². The number of nitrogen functional groups attached to an aromatic ring is 1. The number of aromatic hydroxyl groups is 1. The molecule has 0 unspecified atom stereocenters. The number of phenols is 1. The van der Waals surface area contributed by atoms with Crippen molar-refractivity contribution in [1.29, 1.82) is 0 Å². The zero-order valence-corrected chi connectivity index (χ0v) is 7.17. The summed E-state index contributed by atoms with van der Waals surface area (Å²) in [6, 6.07) is 4.98. The monoisotopic (exact) mass is 166 g/mol. The molecule has 3 heteroatoms. The minimum absolute atomic E-state index is 0.202. The lowest BCUT2D eigenvalue weighted by Gasteiger charge is -2.05. The van der Waals surface area contributed by atoms with E-state index < -0.39 is 0 Å². The van der Waals surface area contributed by atoms with Gasteiger partial charge in [-0.2, -0.15) is 0 Å². The number of rotatable bonds is 3. The van der Waals surface area contributed by atoms with Crippen molar-refractivity contribution in [3.05, 3.63) is 18.2 Å². The molecule has 4 N–H and O–H groups in total. The largest absolute Gasteiger partial charge is 0.508 e. The van der Waals surface area contributed by atoms with Gasteiger partial charge in [-0.25, -0.2) is 0 Å². The molecule has 0 spiro atoms. The highest BCUT2D eigenvalue weighted by molar-refractivity contribution is 5.58. The zero-order valence-electron chi connectivity index (χ0n) is 7.17. The quantitative estimate of drug-likeness (QED) is 0.600. The van der Waals surface area contributed by atoms with Crippen LogP contribution in [-0.4, -0.2) is 11.7 Å². The Morgan fingerprint density at radius 3 is 2.75 bits per heavy atom. The number of hydrogen-bond acceptors (Lipinski definition) is 3. The van der Waals surface area contributed by atoms with Gasteiger partial charge in [0, 0.05) is 30.1 Å². The maximum absolute atomic E-state index is 9.17. The van der Waals surface area contributed by atoms with E-state index in [1.807, 2.05) is 0 Å². The fraction of sp³-hybridized carbons (Fsp3) is 0.333. The van der Waals surface area contributed by atoms with E-state index in [4.69, 9.17) is 5.73 Å². The fourth-order valence-corrected chi connectivity index (χ4v) is 1.01. The third kappa shape index (κ3) is 2.34. The molecule has 1 aromatic rings. The van der Waals surface area contributed by atoms with Crippen molar-refractivity contribution in [3.63, 3.8) is 0 Å². The molecule has 66 valence electrons. The summed E-state index contributed by atoms with van der Waals surface area (Å²) in [5, 5.41) is 12.3. The molecule has 0 aliphatic carbocycles. The Labute approximate surface area is 72.2 Å². The number of anilines is 2. The molecule has 1 aromatic carbocycles. The van der Waals surface area contributed by atoms with E-state index in [2.05, 4.69) is 12.2 Å². The van der Waals surface area contributed by atoms with Crippen LogP contribution in [0.2, 0.25) is 0 Å². The van der Waals surface area contributed by atoms with Gasteiger partial charge >= 0.3 is 0 Å². The summed E-state index contributed by atoms with van der Waals surface area (Å²) in [7, 11) is 0. The van der Waals surface area contributed by atoms with Crippen LogP contribution in [0.3, 0.4) is 0 Å². The van der Waals surface area contributed by atoms with Crippen molar-refractivity contribution in [2.24, 2.45) is 0 Å². The predicted molar refractivity (Wildman–Crippen MR) is 51.3 cm³/mol. The summed E-state index contributed by atoms with van der Waals surface area (Å²) >= 11 is 0. The molecular formula is C9H14N2O. The van der Waals surface area contributed by atoms with E-state index >= 15 is 0 Å². The van der Waals surface area contributed by atoms with Crippen LogP contribution in [0.25, 0.3) is 0 Å². The summed E-state index contributed by atoms with van der Waals surface area (Å²) in [4.78, 5) is 0. The van der Waals surface area contributed by atoms with Gasteiger partial charge in [0.2, 0.25) is 0 Å². The zero-order chi connectivity index (χ0) is 8.97. The molecule has 0 heterocycles. The van der Waals surface area contributed by atoms with Gasteiger partial charge in [-0.3, -0.25) is 0 Å². The van der Waals surface area contributed by atoms with Gasteiger partial charge in [0.25, 0.3) is 0 Å². The van der Waals surface area contributed by atoms with Gasteiger partial charge in [0.05, 0.1) is 0 Å². The number of nitrogens with two attached hydrogens (primary N) is 1. The SMILES string of the molecule is CCCNc1cc(N)cc(O)c1. The first kappa shape index (κ1) is 8.71. The molecule has 12 heavy (non-hydrogen) atoms. The summed E-state index contributed by atoms with van der Waals surface area (Å²) < 4.78 is 0. The average molecular weight is 166 g/mol. The highest BCUT2D eigenvalue weighted by atomic mass is 16.3. The second-order valence-electron chi connectivity index (χ2n) is 2.74. The molecule has 0 saturated carbocycles. The lowest BCUT2D eigenvalue weighted by molar-refractivity contribution is 0.476. The van der Waals surface area contributed by atoms with Crippen LogP contribution >= 0.6 is 0 Å². The van der Waals surface area contributed by atoms with Gasteiger partial charge in [-0.1, -0.05) is 6.92 Å². The molecule has 0 fully saturated rings. The van der Waals surface area contributed by atoms with Gasteiger partial charge in [-0.05, 0) is 12.5 Å². The van der Waals surface area contributed by atoms with E-state index in [-0.39, 0.29) is 5.75 Å². The fourth-order valence-electron chi connectivity index (χ4n) is 1.01. The van der Waals surface area contributed by atoms with Crippen LogP contribution in [0.4, 0.5) is 11.4 Å². The third-order valence-corrected chi connectivity index (χ3v) is 1.52. The highest BCUT2D eigenvalue weighted by Crippen LogP contribution is 2.20. The minimum atomic E-state index is 0.202. The first-order chi connectivity index (χ1) is 5.72. The molecule has 3 nitrogen and oxygen atoms in total. The van der Waals surface area contributed by atoms with Crippen molar-refractivity contribution in [2.45, 2.75) is 13.3 Å². The summed E-state index contributed by atoms with van der Waals surface area (Å²) in [6.45, 7) is 2.97. The molecule has 0 aliphatic rings. The molecule has 0 amide bonds. The molecule has 1 rings (SSSR count). The van der Waals surface area contributed by atoms with E-state index in [1.165, 1.54) is 6.07 Å². The van der Waals surface area contributed by atoms with Gasteiger partial charge < -0.3 is 16.2 Å². The topological polar surface area (TPSA) is 58.3 Å². The van der Waals surface area contributed by atoms with Crippen LogP contribution in [0.1, 0.15) is 13.3 Å². The second-order valence-corrected chi connectivity index (χ2v) is 2.74. The standard InChI is InChI=1S/C9H14N2O/c1-2-3-11-8-4-7(10)5-9(12)6-8/h4-6,11-12H,2-3,10H2,1H3. The van der Waals surface area contributed by atoms with Crippen LogP contribution in [0, 0.1) is 0 Å². The van der Waals surface area contributed by atoms with Crippen molar-refractivity contribution in [1.82, 2.24) is 0 Å². The molecule has 0 aliphatic heterocycles. The predicted octanol–water partition coefficient (Wildman–Crippen LogP) is 1.80. The van der Waals surface area contributed by atoms with Crippen molar-refractivity contribution in [3.8, 4) is 5.75 Å². The Balaban J connectivity index is 2.72.